The van der Waals surface area contributed by atoms with Gasteiger partial charge in [-0.15, -0.1) is 0 Å². The van der Waals surface area contributed by atoms with Gasteiger partial charge in [0.05, 0.1) is 34.8 Å². The molecule has 6 nitrogen and oxygen atoms in total. The third-order valence-electron chi connectivity index (χ3n) is 3.15. The summed E-state index contributed by atoms with van der Waals surface area (Å²) in [4.78, 5) is 20.7. The van der Waals surface area contributed by atoms with Crippen LogP contribution in [0.4, 0.5) is 0 Å². The smallest absolute Gasteiger partial charge is 0.263 e. The van der Waals surface area contributed by atoms with Gasteiger partial charge in [0.15, 0.2) is 0 Å². The summed E-state index contributed by atoms with van der Waals surface area (Å²) in [5.41, 5.74) is 0.458. The number of benzene rings is 1. The lowest BCUT2D eigenvalue weighted by molar-refractivity contribution is 0.425. The molecular formula is C13H12ClN5O. The Morgan fingerprint density at radius 3 is 2.95 bits per heavy atom. The van der Waals surface area contributed by atoms with Crippen molar-refractivity contribution in [1.82, 2.24) is 24.3 Å². The Hall–Kier alpha value is -2.21. The molecule has 0 aliphatic heterocycles. The van der Waals surface area contributed by atoms with Crippen LogP contribution in [0.15, 0.2) is 42.0 Å². The van der Waals surface area contributed by atoms with E-state index in [1.807, 2.05) is 6.92 Å². The van der Waals surface area contributed by atoms with Gasteiger partial charge in [0.2, 0.25) is 0 Å². The molecule has 0 saturated heterocycles. The van der Waals surface area contributed by atoms with Crippen LogP contribution < -0.4 is 5.56 Å². The molecular weight excluding hydrogens is 278 g/mol. The SMILES string of the molecule is C[C@@H](Cn1cncn1)n1cnc2cccc(Cl)c2c1=O. The Morgan fingerprint density at radius 1 is 1.35 bits per heavy atom. The Morgan fingerprint density at radius 2 is 2.20 bits per heavy atom. The van der Waals surface area contributed by atoms with Crippen LogP contribution in [0.3, 0.4) is 0 Å². The van der Waals surface area contributed by atoms with E-state index in [0.29, 0.717) is 22.5 Å². The van der Waals surface area contributed by atoms with Crippen molar-refractivity contribution in [3.63, 3.8) is 0 Å². The lowest BCUT2D eigenvalue weighted by Crippen LogP contribution is -2.26. The van der Waals surface area contributed by atoms with Gasteiger partial charge in [-0.3, -0.25) is 14.0 Å². The van der Waals surface area contributed by atoms with E-state index in [1.54, 1.807) is 40.1 Å². The highest BCUT2D eigenvalue weighted by atomic mass is 35.5. The van der Waals surface area contributed by atoms with E-state index < -0.39 is 0 Å². The van der Waals surface area contributed by atoms with E-state index >= 15 is 0 Å². The zero-order valence-corrected chi connectivity index (χ0v) is 11.5. The standard InChI is InChI=1S/C13H12ClN5O/c1-9(5-18-7-15-6-17-18)19-8-16-11-4-2-3-10(14)12(11)13(19)20/h2-4,6-9H,5H2,1H3/t9-/m0/s1. The molecule has 7 heteroatoms. The number of rotatable bonds is 3. The van der Waals surface area contributed by atoms with Crippen LogP contribution in [-0.4, -0.2) is 24.3 Å². The topological polar surface area (TPSA) is 65.6 Å². The van der Waals surface area contributed by atoms with Crippen molar-refractivity contribution < 1.29 is 0 Å². The minimum Gasteiger partial charge on any atom is -0.294 e. The van der Waals surface area contributed by atoms with E-state index in [2.05, 4.69) is 15.1 Å². The van der Waals surface area contributed by atoms with Crippen LogP contribution in [0.2, 0.25) is 5.02 Å². The average molecular weight is 290 g/mol. The van der Waals surface area contributed by atoms with Gasteiger partial charge in [-0.2, -0.15) is 5.10 Å². The van der Waals surface area contributed by atoms with E-state index in [0.717, 1.165) is 0 Å². The summed E-state index contributed by atoms with van der Waals surface area (Å²) >= 11 is 6.10. The maximum Gasteiger partial charge on any atom is 0.263 e. The summed E-state index contributed by atoms with van der Waals surface area (Å²) in [7, 11) is 0. The van der Waals surface area contributed by atoms with Crippen molar-refractivity contribution in [1.29, 1.82) is 0 Å². The third kappa shape index (κ3) is 2.18. The molecule has 1 aromatic carbocycles. The number of nitrogens with zero attached hydrogens (tertiary/aromatic N) is 5. The zero-order valence-electron chi connectivity index (χ0n) is 10.8. The third-order valence-corrected chi connectivity index (χ3v) is 3.47. The van der Waals surface area contributed by atoms with E-state index in [4.69, 9.17) is 11.6 Å². The van der Waals surface area contributed by atoms with E-state index in [1.165, 1.54) is 6.33 Å². The molecule has 0 amide bonds. The summed E-state index contributed by atoms with van der Waals surface area (Å²) in [5.74, 6) is 0. The van der Waals surface area contributed by atoms with Crippen molar-refractivity contribution >= 4 is 22.5 Å². The average Bonchev–Trinajstić information content (AvgIpc) is 2.91. The maximum atomic E-state index is 12.5. The second-order valence-corrected chi connectivity index (χ2v) is 4.96. The van der Waals surface area contributed by atoms with Crippen molar-refractivity contribution in [2.45, 2.75) is 19.5 Å². The normalized spacial score (nSPS) is 12.7. The highest BCUT2D eigenvalue weighted by molar-refractivity contribution is 6.35. The first-order valence-corrected chi connectivity index (χ1v) is 6.52. The molecule has 2 heterocycles. The first-order chi connectivity index (χ1) is 9.66. The summed E-state index contributed by atoms with van der Waals surface area (Å²) in [5, 5.41) is 4.90. The van der Waals surface area contributed by atoms with Crippen LogP contribution in [-0.2, 0) is 6.54 Å². The fourth-order valence-electron chi connectivity index (χ4n) is 2.14. The zero-order chi connectivity index (χ0) is 14.1. The van der Waals surface area contributed by atoms with Crippen molar-refractivity contribution in [2.24, 2.45) is 0 Å². The predicted octanol–water partition coefficient (Wildman–Crippen LogP) is 1.90. The van der Waals surface area contributed by atoms with Gasteiger partial charge >= 0.3 is 0 Å². The fourth-order valence-corrected chi connectivity index (χ4v) is 2.39. The monoisotopic (exact) mass is 289 g/mol. The van der Waals surface area contributed by atoms with Gasteiger partial charge in [0, 0.05) is 0 Å². The van der Waals surface area contributed by atoms with E-state index in [9.17, 15) is 4.79 Å². The van der Waals surface area contributed by atoms with Gasteiger partial charge in [0.25, 0.3) is 5.56 Å². The van der Waals surface area contributed by atoms with Crippen LogP contribution >= 0.6 is 11.6 Å². The lowest BCUT2D eigenvalue weighted by atomic mass is 10.2. The molecule has 0 aliphatic rings. The predicted molar refractivity (Wildman–Crippen MR) is 75.7 cm³/mol. The summed E-state index contributed by atoms with van der Waals surface area (Å²) in [6, 6.07) is 5.15. The summed E-state index contributed by atoms with van der Waals surface area (Å²) in [6.45, 7) is 2.46. The quantitative estimate of drug-likeness (QED) is 0.739. The maximum absolute atomic E-state index is 12.5. The van der Waals surface area contributed by atoms with Crippen LogP contribution in [0.5, 0.6) is 0 Å². The van der Waals surface area contributed by atoms with Crippen molar-refractivity contribution in [3.05, 3.63) is 52.6 Å². The number of hydrogen-bond acceptors (Lipinski definition) is 4. The molecule has 3 aromatic rings. The van der Waals surface area contributed by atoms with Crippen LogP contribution in [0.25, 0.3) is 10.9 Å². The van der Waals surface area contributed by atoms with Crippen LogP contribution in [0, 0.1) is 0 Å². The van der Waals surface area contributed by atoms with E-state index in [-0.39, 0.29) is 11.6 Å². The minimum absolute atomic E-state index is 0.0997. The molecule has 102 valence electrons. The lowest BCUT2D eigenvalue weighted by Gasteiger charge is -2.15. The van der Waals surface area contributed by atoms with Crippen LogP contribution in [0.1, 0.15) is 13.0 Å². The second kappa shape index (κ2) is 5.05. The number of halogens is 1. The Labute approximate surface area is 119 Å². The molecule has 0 spiro atoms. The molecule has 0 radical (unpaired) electrons. The van der Waals surface area contributed by atoms with Gasteiger partial charge in [0.1, 0.15) is 12.7 Å². The molecule has 0 N–H and O–H groups in total. The first kappa shape index (κ1) is 12.8. The summed E-state index contributed by atoms with van der Waals surface area (Å²) < 4.78 is 3.24. The minimum atomic E-state index is -0.145. The molecule has 0 aliphatic carbocycles. The Balaban J connectivity index is 2.06. The molecule has 2 aromatic heterocycles. The van der Waals surface area contributed by atoms with Gasteiger partial charge in [-0.1, -0.05) is 17.7 Å². The molecule has 3 rings (SSSR count). The van der Waals surface area contributed by atoms with Crippen molar-refractivity contribution in [3.8, 4) is 0 Å². The Kier molecular flexibility index (Phi) is 3.23. The first-order valence-electron chi connectivity index (χ1n) is 6.14. The molecule has 20 heavy (non-hydrogen) atoms. The fraction of sp³-hybridized carbons (Fsp3) is 0.231. The largest absolute Gasteiger partial charge is 0.294 e. The number of aromatic nitrogens is 5. The second-order valence-electron chi connectivity index (χ2n) is 4.56. The Bertz CT molecular complexity index is 796. The van der Waals surface area contributed by atoms with Gasteiger partial charge in [-0.05, 0) is 19.1 Å². The highest BCUT2D eigenvalue weighted by Crippen LogP contribution is 2.18. The van der Waals surface area contributed by atoms with Gasteiger partial charge < -0.3 is 0 Å². The van der Waals surface area contributed by atoms with Crippen molar-refractivity contribution in [2.75, 3.05) is 0 Å². The summed E-state index contributed by atoms with van der Waals surface area (Å²) in [6.07, 6.45) is 4.62. The molecule has 1 atom stereocenters. The number of fused-ring (bicyclic) bond motifs is 1. The highest BCUT2D eigenvalue weighted by Gasteiger charge is 2.12. The molecule has 0 fully saturated rings. The molecule has 0 unspecified atom stereocenters. The molecule has 0 saturated carbocycles. The van der Waals surface area contributed by atoms with Gasteiger partial charge in [-0.25, -0.2) is 9.97 Å². The molecule has 0 bridgehead atoms. The number of hydrogen-bond donors (Lipinski definition) is 0.